The number of halogens is 1. The third kappa shape index (κ3) is 3.51. The molecule has 0 amide bonds. The average molecular weight is 345 g/mol. The molecule has 0 saturated heterocycles. The van der Waals surface area contributed by atoms with E-state index in [1.807, 2.05) is 0 Å². The van der Waals surface area contributed by atoms with Crippen molar-refractivity contribution in [1.82, 2.24) is 0 Å². The molecule has 1 fully saturated rings. The zero-order chi connectivity index (χ0) is 14.7. The van der Waals surface area contributed by atoms with Crippen molar-refractivity contribution in [3.05, 3.63) is 47.5 Å². The molecule has 1 saturated carbocycles. The lowest BCUT2D eigenvalue weighted by molar-refractivity contribution is 0.427. The number of hydrogen-bond donors (Lipinski definition) is 0. The van der Waals surface area contributed by atoms with Crippen LogP contribution in [0, 0.1) is 12.8 Å². The lowest BCUT2D eigenvalue weighted by Gasteiger charge is -2.20. The lowest BCUT2D eigenvalue weighted by atomic mass is 9.90. The summed E-state index contributed by atoms with van der Waals surface area (Å²) in [6, 6.07) is 13.4. The Kier molecular flexibility index (Phi) is 5.00. The Hall–Kier alpha value is -0.820. The molecule has 1 unspecified atom stereocenters. The van der Waals surface area contributed by atoms with Crippen LogP contribution >= 0.6 is 15.9 Å². The van der Waals surface area contributed by atoms with Crippen LogP contribution in [0.15, 0.2) is 36.4 Å². The molecule has 0 N–H and O–H groups in total. The van der Waals surface area contributed by atoms with Gasteiger partial charge in [0.1, 0.15) is 0 Å². The van der Waals surface area contributed by atoms with Gasteiger partial charge in [-0.25, -0.2) is 0 Å². The van der Waals surface area contributed by atoms with Crippen molar-refractivity contribution in [2.24, 2.45) is 5.92 Å². The normalized spacial score (nSPS) is 18.6. The molecule has 21 heavy (non-hydrogen) atoms. The second kappa shape index (κ2) is 6.96. The first-order valence-corrected chi connectivity index (χ1v) is 9.29. The minimum absolute atomic E-state index is 0.492. The number of aryl methyl sites for hydroxylation is 1. The topological polar surface area (TPSA) is 0 Å². The molecule has 1 aliphatic carbocycles. The fourth-order valence-corrected chi connectivity index (χ4v) is 4.69. The lowest BCUT2D eigenvalue weighted by Crippen LogP contribution is -2.03. The molecule has 0 radical (unpaired) electrons. The second-order valence-electron chi connectivity index (χ2n) is 6.58. The molecule has 1 heteroatoms. The molecular weight excluding hydrogens is 320 g/mol. The van der Waals surface area contributed by atoms with Crippen molar-refractivity contribution in [2.75, 3.05) is 0 Å². The van der Waals surface area contributed by atoms with Gasteiger partial charge in [0, 0.05) is 4.83 Å². The number of fused-ring (bicyclic) bond motifs is 1. The summed E-state index contributed by atoms with van der Waals surface area (Å²) < 4.78 is 0. The van der Waals surface area contributed by atoms with E-state index in [0.717, 1.165) is 5.92 Å². The number of rotatable bonds is 3. The summed E-state index contributed by atoms with van der Waals surface area (Å²) in [4.78, 5) is 0.492. The summed E-state index contributed by atoms with van der Waals surface area (Å²) >= 11 is 3.99. The Morgan fingerprint density at radius 3 is 2.33 bits per heavy atom. The average Bonchev–Trinajstić information content (AvgIpc) is 2.76. The first-order valence-electron chi connectivity index (χ1n) is 8.38. The van der Waals surface area contributed by atoms with Crippen molar-refractivity contribution >= 4 is 26.7 Å². The van der Waals surface area contributed by atoms with Crippen LogP contribution in [0.1, 0.15) is 60.9 Å². The van der Waals surface area contributed by atoms with E-state index in [1.165, 1.54) is 66.8 Å². The van der Waals surface area contributed by atoms with E-state index in [2.05, 4.69) is 59.3 Å². The molecule has 0 spiro atoms. The molecular formula is C20H25Br. The first-order chi connectivity index (χ1) is 10.3. The zero-order valence-electron chi connectivity index (χ0n) is 12.9. The molecule has 0 heterocycles. The largest absolute Gasteiger partial charge is 0.0838 e. The molecule has 2 aromatic carbocycles. The van der Waals surface area contributed by atoms with Crippen LogP contribution in [0.2, 0.25) is 0 Å². The highest BCUT2D eigenvalue weighted by Crippen LogP contribution is 2.39. The maximum atomic E-state index is 3.99. The van der Waals surface area contributed by atoms with Crippen LogP contribution in [0.4, 0.5) is 0 Å². The fraction of sp³-hybridized carbons (Fsp3) is 0.500. The Morgan fingerprint density at radius 2 is 1.62 bits per heavy atom. The third-order valence-corrected chi connectivity index (χ3v) is 5.90. The Bertz CT molecular complexity index is 594. The van der Waals surface area contributed by atoms with Gasteiger partial charge in [0.15, 0.2) is 0 Å². The van der Waals surface area contributed by atoms with E-state index in [1.54, 1.807) is 0 Å². The standard InChI is InChI=1S/C20H25Br/c1-15-12-13-19(18-11-7-6-10-17(15)18)20(21)14-16-8-4-2-3-5-9-16/h6-7,10-13,16,20H,2-5,8-9,14H2,1H3. The van der Waals surface area contributed by atoms with Gasteiger partial charge < -0.3 is 0 Å². The molecule has 0 bridgehead atoms. The van der Waals surface area contributed by atoms with E-state index in [-0.39, 0.29) is 0 Å². The second-order valence-corrected chi connectivity index (χ2v) is 7.68. The van der Waals surface area contributed by atoms with Gasteiger partial charge >= 0.3 is 0 Å². The van der Waals surface area contributed by atoms with Crippen molar-refractivity contribution in [2.45, 2.75) is 56.7 Å². The molecule has 0 aliphatic heterocycles. The highest BCUT2D eigenvalue weighted by molar-refractivity contribution is 9.09. The smallest absolute Gasteiger partial charge is 0.0404 e. The minimum atomic E-state index is 0.492. The predicted molar refractivity (Wildman–Crippen MR) is 96.2 cm³/mol. The summed E-state index contributed by atoms with van der Waals surface area (Å²) in [6.07, 6.45) is 9.87. The van der Waals surface area contributed by atoms with Crippen LogP contribution in [-0.4, -0.2) is 0 Å². The maximum Gasteiger partial charge on any atom is 0.0404 e. The number of hydrogen-bond acceptors (Lipinski definition) is 0. The van der Waals surface area contributed by atoms with Crippen LogP contribution < -0.4 is 0 Å². The van der Waals surface area contributed by atoms with Crippen LogP contribution in [-0.2, 0) is 0 Å². The Labute approximate surface area is 137 Å². The number of benzene rings is 2. The van der Waals surface area contributed by atoms with Crippen molar-refractivity contribution in [3.8, 4) is 0 Å². The van der Waals surface area contributed by atoms with Gasteiger partial charge in [0.2, 0.25) is 0 Å². The first kappa shape index (κ1) is 15.1. The molecule has 2 aromatic rings. The van der Waals surface area contributed by atoms with E-state index in [9.17, 15) is 0 Å². The molecule has 1 atom stereocenters. The number of alkyl halides is 1. The van der Waals surface area contributed by atoms with E-state index in [0.29, 0.717) is 4.83 Å². The molecule has 112 valence electrons. The van der Waals surface area contributed by atoms with Gasteiger partial charge in [-0.05, 0) is 41.2 Å². The summed E-state index contributed by atoms with van der Waals surface area (Å²) in [5.41, 5.74) is 2.85. The van der Waals surface area contributed by atoms with E-state index >= 15 is 0 Å². The van der Waals surface area contributed by atoms with Crippen molar-refractivity contribution in [3.63, 3.8) is 0 Å². The van der Waals surface area contributed by atoms with Gasteiger partial charge in [-0.3, -0.25) is 0 Å². The van der Waals surface area contributed by atoms with Gasteiger partial charge in [0.25, 0.3) is 0 Å². The summed E-state index contributed by atoms with van der Waals surface area (Å²) in [6.45, 7) is 2.21. The Morgan fingerprint density at radius 1 is 0.952 bits per heavy atom. The third-order valence-electron chi connectivity index (χ3n) is 5.03. The van der Waals surface area contributed by atoms with Crippen molar-refractivity contribution in [1.29, 1.82) is 0 Å². The Balaban J connectivity index is 1.84. The van der Waals surface area contributed by atoms with Gasteiger partial charge in [-0.15, -0.1) is 0 Å². The summed E-state index contributed by atoms with van der Waals surface area (Å²) in [5, 5.41) is 2.83. The quantitative estimate of drug-likeness (QED) is 0.417. The highest BCUT2D eigenvalue weighted by atomic mass is 79.9. The molecule has 3 rings (SSSR count). The van der Waals surface area contributed by atoms with Gasteiger partial charge in [0.05, 0.1) is 0 Å². The summed E-state index contributed by atoms with van der Waals surface area (Å²) in [7, 11) is 0. The van der Waals surface area contributed by atoms with E-state index < -0.39 is 0 Å². The molecule has 1 aliphatic rings. The zero-order valence-corrected chi connectivity index (χ0v) is 14.5. The van der Waals surface area contributed by atoms with Crippen LogP contribution in [0.3, 0.4) is 0 Å². The molecule has 0 nitrogen and oxygen atoms in total. The molecule has 0 aromatic heterocycles. The van der Waals surface area contributed by atoms with Crippen LogP contribution in [0.5, 0.6) is 0 Å². The van der Waals surface area contributed by atoms with Gasteiger partial charge in [-0.2, -0.15) is 0 Å². The van der Waals surface area contributed by atoms with E-state index in [4.69, 9.17) is 0 Å². The van der Waals surface area contributed by atoms with Crippen LogP contribution in [0.25, 0.3) is 10.8 Å². The minimum Gasteiger partial charge on any atom is -0.0838 e. The highest BCUT2D eigenvalue weighted by Gasteiger charge is 2.19. The predicted octanol–water partition coefficient (Wildman–Crippen LogP) is 6.94. The van der Waals surface area contributed by atoms with Crippen molar-refractivity contribution < 1.29 is 0 Å². The fourth-order valence-electron chi connectivity index (χ4n) is 3.77. The summed E-state index contributed by atoms with van der Waals surface area (Å²) in [5.74, 6) is 0.900. The SMILES string of the molecule is Cc1ccc(C(Br)CC2CCCCCC2)c2ccccc12. The monoisotopic (exact) mass is 344 g/mol. The maximum absolute atomic E-state index is 3.99. The van der Waals surface area contributed by atoms with Gasteiger partial charge in [-0.1, -0.05) is 90.9 Å².